The summed E-state index contributed by atoms with van der Waals surface area (Å²) in [6.45, 7) is 0. The fourth-order valence-corrected chi connectivity index (χ4v) is 2.02. The van der Waals surface area contributed by atoms with Crippen LogP contribution in [0.15, 0.2) is 12.4 Å². The van der Waals surface area contributed by atoms with Gasteiger partial charge >= 0.3 is 56.2 Å². The van der Waals surface area contributed by atoms with Gasteiger partial charge in [0.25, 0.3) is 0 Å². The van der Waals surface area contributed by atoms with Gasteiger partial charge in [-0.3, -0.25) is 0 Å². The SMILES string of the molecule is [Br][Au]=[c]1[nH]cc[nH]1. The van der Waals surface area contributed by atoms with Crippen molar-refractivity contribution >= 4 is 13.0 Å². The van der Waals surface area contributed by atoms with Crippen molar-refractivity contribution in [2.75, 3.05) is 0 Å². The van der Waals surface area contributed by atoms with Crippen molar-refractivity contribution in [2.45, 2.75) is 0 Å². The van der Waals surface area contributed by atoms with E-state index in [0.717, 1.165) is 0 Å². The van der Waals surface area contributed by atoms with Crippen LogP contribution < -0.4 is 0 Å². The molecule has 0 bridgehead atoms. The maximum absolute atomic E-state index is 3.37. The molecule has 0 aromatic carbocycles. The quantitative estimate of drug-likeness (QED) is 0.664. The summed E-state index contributed by atoms with van der Waals surface area (Å²) in [5, 5.41) is 0. The molecule has 0 spiro atoms. The second kappa shape index (κ2) is 2.67. The number of hydrogen-bond acceptors (Lipinski definition) is 0. The van der Waals surface area contributed by atoms with Crippen molar-refractivity contribution in [3.05, 3.63) is 16.0 Å². The van der Waals surface area contributed by atoms with Crippen LogP contribution in [0.4, 0.5) is 0 Å². The molecule has 0 saturated heterocycles. The van der Waals surface area contributed by atoms with Crippen LogP contribution in [-0.4, -0.2) is 9.97 Å². The first kappa shape index (κ1) is 5.56. The zero-order chi connectivity index (χ0) is 5.11. The van der Waals surface area contributed by atoms with E-state index in [9.17, 15) is 0 Å². The van der Waals surface area contributed by atoms with E-state index in [1.54, 1.807) is 0 Å². The molecule has 2 nitrogen and oxygen atoms in total. The Bertz CT molecular complexity index is 172. The minimum absolute atomic E-state index is 0.143. The Morgan fingerprint density at radius 2 is 2.00 bits per heavy atom. The standard InChI is InChI=1S/C3H4N2.Au.BrH/c1-2-5-3-4-1;;/h1-2,4-5H;;1H/q;+1;/p-1. The van der Waals surface area contributed by atoms with Crippen molar-refractivity contribution in [2.24, 2.45) is 0 Å². The molecular formula is C3H4AuBrN2. The van der Waals surface area contributed by atoms with Gasteiger partial charge in [0.05, 0.1) is 0 Å². The van der Waals surface area contributed by atoms with Gasteiger partial charge in [-0.25, -0.2) is 0 Å². The molecule has 0 radical (unpaired) electrons. The third kappa shape index (κ3) is 1.42. The molecule has 44 valence electrons. The number of halogens is 1. The number of imidazole rings is 1. The first-order valence-corrected chi connectivity index (χ1v) is 7.49. The van der Waals surface area contributed by atoms with Gasteiger partial charge in [0.2, 0.25) is 0 Å². The molecule has 0 saturated carbocycles. The van der Waals surface area contributed by atoms with Gasteiger partial charge in [0.15, 0.2) is 0 Å². The minimum atomic E-state index is 0.143. The molecule has 4 heteroatoms. The van der Waals surface area contributed by atoms with E-state index in [1.807, 2.05) is 12.4 Å². The van der Waals surface area contributed by atoms with Crippen LogP contribution in [0.2, 0.25) is 0 Å². The molecule has 0 aliphatic heterocycles. The van der Waals surface area contributed by atoms with Gasteiger partial charge in [-0.1, -0.05) is 0 Å². The van der Waals surface area contributed by atoms with Crippen molar-refractivity contribution in [1.29, 1.82) is 0 Å². The van der Waals surface area contributed by atoms with Crippen LogP contribution in [-0.2, 0) is 17.2 Å². The average Bonchev–Trinajstić information content (AvgIpc) is 2.14. The molecule has 7 heavy (non-hydrogen) atoms. The summed E-state index contributed by atoms with van der Waals surface area (Å²) in [5.41, 5.74) is 0. The first-order valence-electron chi connectivity index (χ1n) is 1.68. The second-order valence-electron chi connectivity index (χ2n) is 0.955. The number of aromatic amines is 2. The van der Waals surface area contributed by atoms with E-state index in [-0.39, 0.29) is 17.2 Å². The van der Waals surface area contributed by atoms with Crippen LogP contribution in [0.5, 0.6) is 0 Å². The van der Waals surface area contributed by atoms with Crippen molar-refractivity contribution in [3.8, 4) is 0 Å². The van der Waals surface area contributed by atoms with Gasteiger partial charge in [-0.15, -0.1) is 0 Å². The summed E-state index contributed by atoms with van der Waals surface area (Å²) >= 11 is 3.51. The third-order valence-electron chi connectivity index (χ3n) is 0.538. The van der Waals surface area contributed by atoms with Gasteiger partial charge < -0.3 is 0 Å². The molecule has 0 aliphatic carbocycles. The van der Waals surface area contributed by atoms with Gasteiger partial charge in [-0.05, 0) is 0 Å². The van der Waals surface area contributed by atoms with E-state index < -0.39 is 0 Å². The van der Waals surface area contributed by atoms with Crippen LogP contribution in [0.1, 0.15) is 0 Å². The molecule has 0 amide bonds. The Labute approximate surface area is 56.1 Å². The molecule has 1 rings (SSSR count). The van der Waals surface area contributed by atoms with Gasteiger partial charge in [0, 0.05) is 0 Å². The summed E-state index contributed by atoms with van der Waals surface area (Å²) in [4.78, 5) is 6.06. The second-order valence-corrected chi connectivity index (χ2v) is 4.40. The molecule has 0 unspecified atom stereocenters. The summed E-state index contributed by atoms with van der Waals surface area (Å²) in [6, 6.07) is 0. The average molecular weight is 345 g/mol. The Balaban J connectivity index is 3.22. The van der Waals surface area contributed by atoms with Crippen LogP contribution >= 0.6 is 13.0 Å². The fourth-order valence-electron chi connectivity index (χ4n) is 0.291. The summed E-state index contributed by atoms with van der Waals surface area (Å²) in [7, 11) is 0. The van der Waals surface area contributed by atoms with Crippen LogP contribution in [0.25, 0.3) is 0 Å². The van der Waals surface area contributed by atoms with Gasteiger partial charge in [0.1, 0.15) is 0 Å². The van der Waals surface area contributed by atoms with Crippen molar-refractivity contribution < 1.29 is 17.2 Å². The molecule has 1 aromatic rings. The van der Waals surface area contributed by atoms with E-state index in [4.69, 9.17) is 0 Å². The van der Waals surface area contributed by atoms with E-state index in [0.29, 0.717) is 0 Å². The zero-order valence-corrected chi connectivity index (χ0v) is 7.09. The Morgan fingerprint density at radius 1 is 1.43 bits per heavy atom. The molecule has 1 aromatic heterocycles. The Morgan fingerprint density at radius 3 is 2.29 bits per heavy atom. The van der Waals surface area contributed by atoms with Crippen molar-refractivity contribution in [1.82, 2.24) is 9.97 Å². The third-order valence-corrected chi connectivity index (χ3v) is 3.53. The zero-order valence-electron chi connectivity index (χ0n) is 3.33. The molecule has 0 atom stereocenters. The van der Waals surface area contributed by atoms with E-state index in [1.165, 1.54) is 3.63 Å². The van der Waals surface area contributed by atoms with Gasteiger partial charge in [-0.2, -0.15) is 0 Å². The van der Waals surface area contributed by atoms with E-state index >= 15 is 0 Å². The van der Waals surface area contributed by atoms with E-state index in [2.05, 4.69) is 23.0 Å². The molecule has 0 aliphatic rings. The monoisotopic (exact) mass is 344 g/mol. The topological polar surface area (TPSA) is 31.6 Å². The van der Waals surface area contributed by atoms with Crippen LogP contribution in [0, 0.1) is 3.63 Å². The fraction of sp³-hybridized carbons (Fsp3) is 0. The first-order chi connectivity index (χ1) is 3.43. The summed E-state index contributed by atoms with van der Waals surface area (Å²) < 4.78 is 1.19. The molecule has 1 heterocycles. The number of nitrogens with one attached hydrogen (secondary N) is 2. The predicted molar refractivity (Wildman–Crippen MR) is 27.3 cm³/mol. The predicted octanol–water partition coefficient (Wildman–Crippen LogP) is 1.27. The molecular weight excluding hydrogens is 341 g/mol. The number of hydrogen-bond donors (Lipinski definition) is 2. The molecule has 2 N–H and O–H groups in total. The number of rotatable bonds is 0. The summed E-state index contributed by atoms with van der Waals surface area (Å²) in [5.74, 6) is 0. The number of H-pyrrole nitrogens is 2. The Kier molecular flexibility index (Phi) is 2.12. The van der Waals surface area contributed by atoms with Crippen LogP contribution in [0.3, 0.4) is 0 Å². The van der Waals surface area contributed by atoms with Crippen molar-refractivity contribution in [3.63, 3.8) is 0 Å². The normalized spacial score (nSPS) is 9.86. The Hall–Kier alpha value is 0.430. The molecule has 0 fully saturated rings. The summed E-state index contributed by atoms with van der Waals surface area (Å²) in [6.07, 6.45) is 3.76. The maximum atomic E-state index is 3.37. The number of aromatic nitrogens is 2.